The van der Waals surface area contributed by atoms with Crippen molar-refractivity contribution in [3.63, 3.8) is 0 Å². The fourth-order valence-electron chi connectivity index (χ4n) is 8.96. The van der Waals surface area contributed by atoms with Crippen LogP contribution in [0.1, 0.15) is 41.7 Å². The highest BCUT2D eigenvalue weighted by molar-refractivity contribution is 6.11. The number of fused-ring (bicyclic) bond motifs is 11. The number of benzene rings is 7. The molecular formula is C46H37NO2. The van der Waals surface area contributed by atoms with E-state index < -0.39 is 5.60 Å². The molecule has 1 aliphatic carbocycles. The quantitative estimate of drug-likeness (QED) is 0.180. The standard InChI is InChI=1S/C46H37NO2/c1-45(2)40-18-10-9-17-38(40)42-36-15-7-8-16-37(36)44-39(43(42)45)23-24-46(49-44,31-19-21-32(22-20-31)47-25-27-48-28-26-47)41-29-30-11-3-4-12-33(30)34-13-5-6-14-35(34)41/h3-24,29H,25-28H2,1-2H3. The molecule has 3 aliphatic rings. The van der Waals surface area contributed by atoms with Gasteiger partial charge in [0, 0.05) is 46.3 Å². The van der Waals surface area contributed by atoms with Crippen LogP contribution >= 0.6 is 0 Å². The van der Waals surface area contributed by atoms with Gasteiger partial charge in [-0.3, -0.25) is 0 Å². The first kappa shape index (κ1) is 28.6. The molecule has 1 fully saturated rings. The summed E-state index contributed by atoms with van der Waals surface area (Å²) >= 11 is 0. The van der Waals surface area contributed by atoms with Crippen molar-refractivity contribution < 1.29 is 9.47 Å². The maximum atomic E-state index is 7.74. The summed E-state index contributed by atoms with van der Waals surface area (Å²) in [7, 11) is 0. The Morgan fingerprint density at radius 1 is 0.612 bits per heavy atom. The van der Waals surface area contributed by atoms with Gasteiger partial charge in [0.25, 0.3) is 0 Å². The lowest BCUT2D eigenvalue weighted by Gasteiger charge is -2.39. The fraction of sp³-hybridized carbons (Fsp3) is 0.174. The van der Waals surface area contributed by atoms with Crippen LogP contribution in [-0.2, 0) is 15.8 Å². The van der Waals surface area contributed by atoms with Crippen molar-refractivity contribution in [1.82, 2.24) is 0 Å². The Morgan fingerprint density at radius 2 is 1.27 bits per heavy atom. The summed E-state index contributed by atoms with van der Waals surface area (Å²) in [4.78, 5) is 2.41. The minimum atomic E-state index is -0.868. The molecule has 49 heavy (non-hydrogen) atoms. The first-order valence-corrected chi connectivity index (χ1v) is 17.5. The van der Waals surface area contributed by atoms with Crippen molar-refractivity contribution in [2.75, 3.05) is 31.2 Å². The molecular weight excluding hydrogens is 599 g/mol. The van der Waals surface area contributed by atoms with Gasteiger partial charge in [0.05, 0.1) is 13.2 Å². The van der Waals surface area contributed by atoms with Crippen molar-refractivity contribution >= 4 is 44.1 Å². The van der Waals surface area contributed by atoms with E-state index in [4.69, 9.17) is 9.47 Å². The summed E-state index contributed by atoms with van der Waals surface area (Å²) in [5, 5.41) is 7.28. The van der Waals surface area contributed by atoms with Gasteiger partial charge in [-0.1, -0.05) is 129 Å². The van der Waals surface area contributed by atoms with Gasteiger partial charge in [0.15, 0.2) is 5.60 Å². The van der Waals surface area contributed by atoms with Crippen LogP contribution in [-0.4, -0.2) is 26.3 Å². The van der Waals surface area contributed by atoms with Crippen LogP contribution in [0.25, 0.3) is 49.5 Å². The Kier molecular flexibility index (Phi) is 6.17. The molecule has 1 saturated heterocycles. The molecule has 0 aromatic heterocycles. The number of rotatable bonds is 3. The molecule has 7 aromatic rings. The second kappa shape index (κ2) is 10.6. The normalized spacial score (nSPS) is 19.1. The molecule has 0 N–H and O–H groups in total. The number of hydrogen-bond donors (Lipinski definition) is 0. The third-order valence-electron chi connectivity index (χ3n) is 11.3. The average molecular weight is 636 g/mol. The maximum Gasteiger partial charge on any atom is 0.178 e. The molecule has 0 radical (unpaired) electrons. The van der Waals surface area contributed by atoms with Crippen molar-refractivity contribution in [3.8, 4) is 16.9 Å². The van der Waals surface area contributed by atoms with Crippen molar-refractivity contribution in [2.24, 2.45) is 0 Å². The summed E-state index contributed by atoms with van der Waals surface area (Å²) in [6.07, 6.45) is 4.71. The minimum Gasteiger partial charge on any atom is -0.472 e. The molecule has 1 unspecified atom stereocenters. The number of hydrogen-bond acceptors (Lipinski definition) is 3. The maximum absolute atomic E-state index is 7.74. The molecule has 0 spiro atoms. The Labute approximate surface area is 287 Å². The van der Waals surface area contributed by atoms with E-state index in [2.05, 4.69) is 158 Å². The van der Waals surface area contributed by atoms with Gasteiger partial charge >= 0.3 is 0 Å². The van der Waals surface area contributed by atoms with Gasteiger partial charge in [-0.25, -0.2) is 0 Å². The molecule has 0 saturated carbocycles. The number of nitrogens with zero attached hydrogens (tertiary/aromatic N) is 1. The van der Waals surface area contributed by atoms with Crippen molar-refractivity contribution in [2.45, 2.75) is 24.9 Å². The minimum absolute atomic E-state index is 0.177. The highest BCUT2D eigenvalue weighted by atomic mass is 16.5. The highest BCUT2D eigenvalue weighted by Crippen LogP contribution is 2.58. The van der Waals surface area contributed by atoms with E-state index in [1.54, 1.807) is 0 Å². The summed E-state index contributed by atoms with van der Waals surface area (Å²) < 4.78 is 13.4. The highest BCUT2D eigenvalue weighted by Gasteiger charge is 2.44. The zero-order valence-electron chi connectivity index (χ0n) is 27.9. The lowest BCUT2D eigenvalue weighted by Crippen LogP contribution is -2.37. The molecule has 3 nitrogen and oxygen atoms in total. The summed E-state index contributed by atoms with van der Waals surface area (Å²) in [6, 6.07) is 46.7. The lowest BCUT2D eigenvalue weighted by molar-refractivity contribution is 0.122. The van der Waals surface area contributed by atoms with Gasteiger partial charge in [-0.2, -0.15) is 0 Å². The van der Waals surface area contributed by atoms with Crippen LogP contribution in [0.4, 0.5) is 5.69 Å². The Morgan fingerprint density at radius 3 is 2.06 bits per heavy atom. The van der Waals surface area contributed by atoms with E-state index >= 15 is 0 Å². The Hall–Kier alpha value is -5.38. The van der Waals surface area contributed by atoms with Gasteiger partial charge in [0.2, 0.25) is 0 Å². The van der Waals surface area contributed by atoms with E-state index in [1.807, 2.05) is 0 Å². The van der Waals surface area contributed by atoms with Crippen LogP contribution in [0.2, 0.25) is 0 Å². The fourth-order valence-corrected chi connectivity index (χ4v) is 8.96. The van der Waals surface area contributed by atoms with Gasteiger partial charge in [0.1, 0.15) is 5.75 Å². The number of morpholine rings is 1. The summed E-state index contributed by atoms with van der Waals surface area (Å²) in [6.45, 7) is 8.05. The third-order valence-corrected chi connectivity index (χ3v) is 11.3. The smallest absolute Gasteiger partial charge is 0.178 e. The second-order valence-electron chi connectivity index (χ2n) is 14.2. The van der Waals surface area contributed by atoms with E-state index in [0.29, 0.717) is 0 Å². The molecule has 2 aliphatic heterocycles. The SMILES string of the molecule is CC1(C)c2ccccc2-c2c1c1c(c3ccccc23)OC(c2ccc(N3CCOCC3)cc2)(c2cc3ccccc3c3ccccc23)C=C1. The Bertz CT molecular complexity index is 2490. The first-order chi connectivity index (χ1) is 24.0. The second-order valence-corrected chi connectivity index (χ2v) is 14.2. The van der Waals surface area contributed by atoms with Gasteiger partial charge in [-0.05, 0) is 73.5 Å². The molecule has 7 aromatic carbocycles. The summed E-state index contributed by atoms with van der Waals surface area (Å²) in [5.74, 6) is 0.951. The summed E-state index contributed by atoms with van der Waals surface area (Å²) in [5.41, 5.74) is 8.98. The molecule has 0 bridgehead atoms. The van der Waals surface area contributed by atoms with Gasteiger partial charge < -0.3 is 14.4 Å². The van der Waals surface area contributed by atoms with Crippen LogP contribution in [0.3, 0.4) is 0 Å². The number of ether oxygens (including phenoxy) is 2. The Balaban J connectivity index is 1.27. The molecule has 3 heteroatoms. The molecule has 1 atom stereocenters. The van der Waals surface area contributed by atoms with Crippen LogP contribution in [0, 0.1) is 0 Å². The zero-order chi connectivity index (χ0) is 32.7. The zero-order valence-corrected chi connectivity index (χ0v) is 27.9. The monoisotopic (exact) mass is 635 g/mol. The average Bonchev–Trinajstić information content (AvgIpc) is 3.41. The van der Waals surface area contributed by atoms with E-state index in [0.717, 1.165) is 48.6 Å². The molecule has 238 valence electrons. The van der Waals surface area contributed by atoms with Gasteiger partial charge in [-0.15, -0.1) is 0 Å². The van der Waals surface area contributed by atoms with E-state index in [9.17, 15) is 0 Å². The predicted molar refractivity (Wildman–Crippen MR) is 203 cm³/mol. The number of anilines is 1. The van der Waals surface area contributed by atoms with Crippen molar-refractivity contribution in [3.05, 3.63) is 161 Å². The van der Waals surface area contributed by atoms with Crippen LogP contribution in [0.15, 0.2) is 133 Å². The largest absolute Gasteiger partial charge is 0.472 e. The topological polar surface area (TPSA) is 21.7 Å². The van der Waals surface area contributed by atoms with E-state index in [1.165, 1.54) is 60.4 Å². The molecule has 2 heterocycles. The lowest BCUT2D eigenvalue weighted by atomic mass is 9.76. The van der Waals surface area contributed by atoms with Crippen LogP contribution in [0.5, 0.6) is 5.75 Å². The van der Waals surface area contributed by atoms with E-state index in [-0.39, 0.29) is 5.41 Å². The molecule has 0 amide bonds. The predicted octanol–water partition coefficient (Wildman–Crippen LogP) is 10.6. The van der Waals surface area contributed by atoms with Crippen molar-refractivity contribution in [1.29, 1.82) is 0 Å². The third kappa shape index (κ3) is 4.06. The molecule has 10 rings (SSSR count). The first-order valence-electron chi connectivity index (χ1n) is 17.5. The van der Waals surface area contributed by atoms with Crippen LogP contribution < -0.4 is 9.64 Å².